The van der Waals surface area contributed by atoms with E-state index in [-0.39, 0.29) is 12.2 Å². The molecule has 0 amide bonds. The first-order valence-corrected chi connectivity index (χ1v) is 9.26. The van der Waals surface area contributed by atoms with Crippen molar-refractivity contribution in [3.63, 3.8) is 0 Å². The quantitative estimate of drug-likeness (QED) is 0.888. The van der Waals surface area contributed by atoms with Gasteiger partial charge in [0.15, 0.2) is 12.1 Å². The maximum Gasteiger partial charge on any atom is 0.190 e. The van der Waals surface area contributed by atoms with Gasteiger partial charge in [0.05, 0.1) is 12.7 Å². The summed E-state index contributed by atoms with van der Waals surface area (Å²) in [4.78, 5) is 0. The highest BCUT2D eigenvalue weighted by molar-refractivity contribution is 5.85. The predicted octanol–water partition coefficient (Wildman–Crippen LogP) is 3.37. The van der Waals surface area contributed by atoms with Crippen LogP contribution in [0.15, 0.2) is 42.5 Å². The van der Waals surface area contributed by atoms with Crippen molar-refractivity contribution < 1.29 is 24.1 Å². The molecule has 4 rings (SSSR count). The van der Waals surface area contributed by atoms with Crippen LogP contribution in [-0.2, 0) is 25.6 Å². The molecule has 2 aromatic carbocycles. The monoisotopic (exact) mass is 358 g/mol. The third-order valence-electron chi connectivity index (χ3n) is 5.14. The van der Waals surface area contributed by atoms with Gasteiger partial charge in [0.2, 0.25) is 0 Å². The molecule has 2 fully saturated rings. The molecule has 1 N–H and O–H groups in total. The lowest BCUT2D eigenvalue weighted by Gasteiger charge is -2.28. The minimum atomic E-state index is -0.710. The number of hydrogen-bond acceptors (Lipinski definition) is 5. The van der Waals surface area contributed by atoms with Gasteiger partial charge in [-0.15, -0.1) is 0 Å². The van der Waals surface area contributed by atoms with Crippen molar-refractivity contribution in [1.82, 2.24) is 0 Å². The smallest absolute Gasteiger partial charge is 0.190 e. The minimum Gasteiger partial charge on any atom is -0.390 e. The first kappa shape index (κ1) is 17.9. The van der Waals surface area contributed by atoms with Gasteiger partial charge in [-0.1, -0.05) is 49.4 Å². The first-order chi connectivity index (χ1) is 12.5. The zero-order valence-electron chi connectivity index (χ0n) is 15.4. The van der Waals surface area contributed by atoms with Gasteiger partial charge in [-0.25, -0.2) is 0 Å². The van der Waals surface area contributed by atoms with Gasteiger partial charge >= 0.3 is 0 Å². The third-order valence-corrected chi connectivity index (χ3v) is 5.14. The van der Waals surface area contributed by atoms with Crippen molar-refractivity contribution in [2.75, 3.05) is 0 Å². The van der Waals surface area contributed by atoms with Crippen LogP contribution in [0.25, 0.3) is 10.8 Å². The summed E-state index contributed by atoms with van der Waals surface area (Å²) in [5.74, 6) is -0.710. The fraction of sp³-hybridized carbons (Fsp3) is 0.524. The summed E-state index contributed by atoms with van der Waals surface area (Å²) in [6.45, 7) is 6.08. The highest BCUT2D eigenvalue weighted by Crippen LogP contribution is 2.40. The number of ether oxygens (including phenoxy) is 4. The van der Waals surface area contributed by atoms with Crippen molar-refractivity contribution in [3.8, 4) is 0 Å². The van der Waals surface area contributed by atoms with Gasteiger partial charge < -0.3 is 24.1 Å². The van der Waals surface area contributed by atoms with Crippen LogP contribution < -0.4 is 0 Å². The molecular formula is C21H26O5. The van der Waals surface area contributed by atoms with Crippen LogP contribution in [0.2, 0.25) is 0 Å². The molecule has 2 aliphatic heterocycles. The molecule has 5 nitrogen and oxygen atoms in total. The summed E-state index contributed by atoms with van der Waals surface area (Å²) in [5.41, 5.74) is 1.11. The topological polar surface area (TPSA) is 57.2 Å². The number of aliphatic hydroxyl groups excluding tert-OH is 1. The van der Waals surface area contributed by atoms with Gasteiger partial charge in [-0.2, -0.15) is 0 Å². The average Bonchev–Trinajstić information content (AvgIpc) is 3.11. The zero-order valence-corrected chi connectivity index (χ0v) is 15.4. The first-order valence-electron chi connectivity index (χ1n) is 9.26. The van der Waals surface area contributed by atoms with E-state index in [1.807, 2.05) is 39.0 Å². The lowest BCUT2D eigenvalue weighted by Crippen LogP contribution is -2.42. The third kappa shape index (κ3) is 3.26. The maximum absolute atomic E-state index is 10.4. The second-order valence-corrected chi connectivity index (χ2v) is 7.46. The molecular weight excluding hydrogens is 332 g/mol. The van der Waals surface area contributed by atoms with E-state index >= 15 is 0 Å². The van der Waals surface area contributed by atoms with Crippen molar-refractivity contribution in [3.05, 3.63) is 48.0 Å². The molecule has 0 unspecified atom stereocenters. The zero-order chi connectivity index (χ0) is 18.3. The Morgan fingerprint density at radius 1 is 1.12 bits per heavy atom. The fourth-order valence-corrected chi connectivity index (χ4v) is 3.84. The molecule has 0 aromatic heterocycles. The van der Waals surface area contributed by atoms with Gasteiger partial charge in [0.1, 0.15) is 18.3 Å². The van der Waals surface area contributed by atoms with E-state index in [9.17, 15) is 5.11 Å². The van der Waals surface area contributed by atoms with Crippen molar-refractivity contribution in [1.29, 1.82) is 0 Å². The maximum atomic E-state index is 10.4. The number of aliphatic hydroxyl groups is 1. The van der Waals surface area contributed by atoms with Gasteiger partial charge in [-0.3, -0.25) is 0 Å². The molecule has 0 bridgehead atoms. The molecule has 0 spiro atoms. The number of fused-ring (bicyclic) bond motifs is 2. The molecule has 140 valence electrons. The molecule has 0 aliphatic carbocycles. The summed E-state index contributed by atoms with van der Waals surface area (Å²) in [6.07, 6.45) is -1.72. The molecule has 2 aromatic rings. The van der Waals surface area contributed by atoms with E-state index < -0.39 is 24.3 Å². The van der Waals surface area contributed by atoms with Crippen molar-refractivity contribution in [2.45, 2.75) is 70.3 Å². The van der Waals surface area contributed by atoms with Crippen LogP contribution in [0.4, 0.5) is 0 Å². The van der Waals surface area contributed by atoms with Crippen molar-refractivity contribution >= 4 is 10.8 Å². The van der Waals surface area contributed by atoms with E-state index in [4.69, 9.17) is 18.9 Å². The molecule has 26 heavy (non-hydrogen) atoms. The molecule has 2 saturated heterocycles. The van der Waals surface area contributed by atoms with Crippen LogP contribution in [-0.4, -0.2) is 41.6 Å². The molecule has 5 atom stereocenters. The van der Waals surface area contributed by atoms with E-state index in [0.29, 0.717) is 13.0 Å². The summed E-state index contributed by atoms with van der Waals surface area (Å²) in [6, 6.07) is 14.4. The Kier molecular flexibility index (Phi) is 4.75. The fourth-order valence-electron chi connectivity index (χ4n) is 3.84. The Morgan fingerprint density at radius 2 is 1.88 bits per heavy atom. The minimum absolute atomic E-state index is 0.342. The highest BCUT2D eigenvalue weighted by atomic mass is 16.8. The van der Waals surface area contributed by atoms with Gasteiger partial charge in [0, 0.05) is 0 Å². The van der Waals surface area contributed by atoms with Crippen LogP contribution in [0, 0.1) is 0 Å². The lowest BCUT2D eigenvalue weighted by atomic mass is 10.0. The molecule has 5 heteroatoms. The number of hydrogen-bond donors (Lipinski definition) is 1. The van der Waals surface area contributed by atoms with E-state index in [0.717, 1.165) is 5.56 Å². The SMILES string of the molecule is CC[C@@H](O)[C@H]1O[C@@H]2OC(C)(C)O[C@@H]2[C@H]1OCc1cccc2ccccc12. The Balaban J connectivity index is 1.56. The average molecular weight is 358 g/mol. The van der Waals surface area contributed by atoms with Crippen LogP contribution in [0.1, 0.15) is 32.8 Å². The predicted molar refractivity (Wildman–Crippen MR) is 97.5 cm³/mol. The summed E-state index contributed by atoms with van der Waals surface area (Å²) in [7, 11) is 0. The molecule has 0 saturated carbocycles. The number of rotatable bonds is 5. The molecule has 2 heterocycles. The van der Waals surface area contributed by atoms with Crippen LogP contribution >= 0.6 is 0 Å². The van der Waals surface area contributed by atoms with Gasteiger partial charge in [-0.05, 0) is 36.6 Å². The normalized spacial score (nSPS) is 31.2. The summed E-state index contributed by atoms with van der Waals surface area (Å²) < 4.78 is 24.0. The lowest BCUT2D eigenvalue weighted by molar-refractivity contribution is -0.230. The number of benzene rings is 2. The second-order valence-electron chi connectivity index (χ2n) is 7.46. The largest absolute Gasteiger partial charge is 0.390 e. The van der Waals surface area contributed by atoms with Gasteiger partial charge in [0.25, 0.3) is 0 Å². The second kappa shape index (κ2) is 6.91. The van der Waals surface area contributed by atoms with E-state index in [1.165, 1.54) is 10.8 Å². The van der Waals surface area contributed by atoms with Crippen LogP contribution in [0.3, 0.4) is 0 Å². The Bertz CT molecular complexity index is 769. The molecule has 0 radical (unpaired) electrons. The van der Waals surface area contributed by atoms with Crippen LogP contribution in [0.5, 0.6) is 0 Å². The molecule has 2 aliphatic rings. The Hall–Kier alpha value is -1.50. The summed E-state index contributed by atoms with van der Waals surface area (Å²) in [5, 5.41) is 12.7. The van der Waals surface area contributed by atoms with Crippen molar-refractivity contribution in [2.24, 2.45) is 0 Å². The standard InChI is InChI=1S/C21H26O5/c1-4-16(22)17-18(19-20(24-17)26-21(2,3)25-19)23-12-14-10-7-9-13-8-5-6-11-15(13)14/h5-11,16-20,22H,4,12H2,1-3H3/t16-,17-,18+,19-,20-/m1/s1. The Labute approximate surface area is 153 Å². The summed E-state index contributed by atoms with van der Waals surface area (Å²) >= 11 is 0. The van der Waals surface area contributed by atoms with E-state index in [1.54, 1.807) is 0 Å². The van der Waals surface area contributed by atoms with E-state index in [2.05, 4.69) is 24.3 Å². The highest BCUT2D eigenvalue weighted by Gasteiger charge is 2.56. The Morgan fingerprint density at radius 3 is 2.69 bits per heavy atom.